The lowest BCUT2D eigenvalue weighted by Crippen LogP contribution is -2.40. The van der Waals surface area contributed by atoms with Gasteiger partial charge in [-0.15, -0.1) is 0 Å². The molecule has 2 heterocycles. The number of hydrogen-bond acceptors (Lipinski definition) is 4. The van der Waals surface area contributed by atoms with Gasteiger partial charge in [0, 0.05) is 18.7 Å². The molecule has 4 aromatic carbocycles. The van der Waals surface area contributed by atoms with E-state index in [0.29, 0.717) is 25.1 Å². The molecule has 0 spiro atoms. The zero-order valence-electron chi connectivity index (χ0n) is 21.0. The quantitative estimate of drug-likeness (QED) is 0.369. The lowest BCUT2D eigenvalue weighted by atomic mass is 9.87. The molecular weight excluding hydrogens is 460 g/mol. The number of aromatic hydroxyl groups is 1. The molecule has 2 aliphatic heterocycles. The minimum atomic E-state index is -0.241. The van der Waals surface area contributed by atoms with Gasteiger partial charge in [0.1, 0.15) is 18.1 Å². The van der Waals surface area contributed by atoms with Crippen molar-refractivity contribution in [1.29, 1.82) is 0 Å². The van der Waals surface area contributed by atoms with Gasteiger partial charge < -0.3 is 14.7 Å². The molecule has 1 fully saturated rings. The van der Waals surface area contributed by atoms with Gasteiger partial charge in [0.2, 0.25) is 0 Å². The number of phenols is 1. The largest absolute Gasteiger partial charge is 0.508 e. The minimum Gasteiger partial charge on any atom is -0.508 e. The van der Waals surface area contributed by atoms with E-state index in [1.165, 1.54) is 25.9 Å². The first-order valence-electron chi connectivity index (χ1n) is 13.2. The molecular formula is C32H32N2O3. The van der Waals surface area contributed by atoms with Crippen molar-refractivity contribution in [1.82, 2.24) is 9.80 Å². The number of phenolic OH excluding ortho intramolecular Hbond substituents is 1. The molecule has 4 aromatic rings. The van der Waals surface area contributed by atoms with Gasteiger partial charge in [0.15, 0.2) is 0 Å². The van der Waals surface area contributed by atoms with Crippen molar-refractivity contribution in [2.24, 2.45) is 0 Å². The summed E-state index contributed by atoms with van der Waals surface area (Å²) >= 11 is 0. The maximum atomic E-state index is 14.1. The van der Waals surface area contributed by atoms with Crippen LogP contribution in [-0.4, -0.2) is 53.6 Å². The van der Waals surface area contributed by atoms with Gasteiger partial charge in [-0.1, -0.05) is 54.6 Å². The molecule has 188 valence electrons. The highest BCUT2D eigenvalue weighted by molar-refractivity contribution is 6.07. The fourth-order valence-corrected chi connectivity index (χ4v) is 5.80. The van der Waals surface area contributed by atoms with Crippen LogP contribution < -0.4 is 4.74 Å². The van der Waals surface area contributed by atoms with Crippen LogP contribution in [0.2, 0.25) is 0 Å². The second-order valence-electron chi connectivity index (χ2n) is 10.0. The van der Waals surface area contributed by atoms with Crippen LogP contribution in [0.25, 0.3) is 10.8 Å². The van der Waals surface area contributed by atoms with Crippen molar-refractivity contribution in [3.05, 3.63) is 107 Å². The number of amides is 1. The van der Waals surface area contributed by atoms with Crippen LogP contribution in [0, 0.1) is 0 Å². The number of nitrogens with zero attached hydrogens (tertiary/aromatic N) is 2. The third-order valence-corrected chi connectivity index (χ3v) is 7.71. The fraction of sp³-hybridized carbons (Fsp3) is 0.281. The van der Waals surface area contributed by atoms with Crippen molar-refractivity contribution in [3.63, 3.8) is 0 Å². The molecule has 6 rings (SSSR count). The zero-order valence-corrected chi connectivity index (χ0v) is 21.0. The molecule has 1 saturated heterocycles. The molecule has 37 heavy (non-hydrogen) atoms. The molecule has 5 heteroatoms. The highest BCUT2D eigenvalue weighted by Gasteiger charge is 2.33. The normalized spacial score (nSPS) is 17.6. The number of likely N-dealkylation sites (tertiary alicyclic amines) is 1. The Bertz CT molecular complexity index is 1400. The summed E-state index contributed by atoms with van der Waals surface area (Å²) in [6.45, 7) is 4.54. The van der Waals surface area contributed by atoms with Crippen molar-refractivity contribution < 1.29 is 14.6 Å². The fourth-order valence-electron chi connectivity index (χ4n) is 5.80. The summed E-state index contributed by atoms with van der Waals surface area (Å²) in [7, 11) is 0. The number of carbonyl (C=O) groups excluding carboxylic acids is 1. The Morgan fingerprint density at radius 2 is 1.68 bits per heavy atom. The van der Waals surface area contributed by atoms with E-state index in [0.717, 1.165) is 39.8 Å². The van der Waals surface area contributed by atoms with Gasteiger partial charge in [0.25, 0.3) is 5.91 Å². The maximum Gasteiger partial charge on any atom is 0.255 e. The van der Waals surface area contributed by atoms with Gasteiger partial charge in [0.05, 0.1) is 6.04 Å². The van der Waals surface area contributed by atoms with Crippen molar-refractivity contribution in [2.45, 2.75) is 25.3 Å². The first kappa shape index (κ1) is 23.6. The van der Waals surface area contributed by atoms with Crippen LogP contribution in [0.15, 0.2) is 84.9 Å². The van der Waals surface area contributed by atoms with Crippen LogP contribution in [0.4, 0.5) is 0 Å². The van der Waals surface area contributed by atoms with E-state index in [-0.39, 0.29) is 17.7 Å². The molecule has 1 amide bonds. The Morgan fingerprint density at radius 3 is 2.51 bits per heavy atom. The van der Waals surface area contributed by atoms with Gasteiger partial charge in [-0.25, -0.2) is 0 Å². The summed E-state index contributed by atoms with van der Waals surface area (Å²) < 4.78 is 6.03. The topological polar surface area (TPSA) is 53.0 Å². The lowest BCUT2D eigenvalue weighted by Gasteiger charge is -2.38. The summed E-state index contributed by atoms with van der Waals surface area (Å²) in [4.78, 5) is 18.5. The van der Waals surface area contributed by atoms with E-state index in [2.05, 4.69) is 17.0 Å². The standard InChI is InChI=1S/C32H32N2O3/c35-26-12-15-29-25(22-26)16-19-34(32(36)30-9-5-7-23-6-1-2-8-28(23)30)31(29)24-10-13-27(14-11-24)37-21-20-33-17-3-4-18-33/h1-2,5-15,22,31,35H,3-4,16-21H2. The highest BCUT2D eigenvalue weighted by atomic mass is 16.5. The summed E-state index contributed by atoms with van der Waals surface area (Å²) in [6, 6.07) is 27.4. The zero-order chi connectivity index (χ0) is 25.2. The molecule has 1 atom stereocenters. The Kier molecular flexibility index (Phi) is 6.54. The van der Waals surface area contributed by atoms with Gasteiger partial charge >= 0.3 is 0 Å². The number of rotatable bonds is 6. The molecule has 2 aliphatic rings. The molecule has 0 aromatic heterocycles. The summed E-state index contributed by atoms with van der Waals surface area (Å²) in [6.07, 6.45) is 3.26. The molecule has 0 saturated carbocycles. The summed E-state index contributed by atoms with van der Waals surface area (Å²) in [5, 5.41) is 12.1. The van der Waals surface area contributed by atoms with E-state index in [1.807, 2.05) is 71.6 Å². The molecule has 0 aliphatic carbocycles. The van der Waals surface area contributed by atoms with Crippen LogP contribution in [0.5, 0.6) is 11.5 Å². The van der Waals surface area contributed by atoms with Crippen molar-refractivity contribution >= 4 is 16.7 Å². The predicted octanol–water partition coefficient (Wildman–Crippen LogP) is 5.81. The SMILES string of the molecule is O=C(c1cccc2ccccc12)N1CCc2cc(O)ccc2C1c1ccc(OCCN2CCCC2)cc1. The number of hydrogen-bond donors (Lipinski definition) is 1. The molecule has 1 N–H and O–H groups in total. The van der Waals surface area contributed by atoms with Crippen LogP contribution in [0.3, 0.4) is 0 Å². The molecule has 0 bridgehead atoms. The monoisotopic (exact) mass is 492 g/mol. The maximum absolute atomic E-state index is 14.1. The van der Waals surface area contributed by atoms with E-state index in [4.69, 9.17) is 4.74 Å². The number of benzene rings is 4. The van der Waals surface area contributed by atoms with E-state index in [9.17, 15) is 9.90 Å². The first-order valence-corrected chi connectivity index (χ1v) is 13.2. The second-order valence-corrected chi connectivity index (χ2v) is 10.0. The van der Waals surface area contributed by atoms with Gasteiger partial charge in [-0.05, 0) is 90.1 Å². The second kappa shape index (κ2) is 10.3. The Balaban J connectivity index is 1.30. The highest BCUT2D eigenvalue weighted by Crippen LogP contribution is 2.38. The number of fused-ring (bicyclic) bond motifs is 2. The lowest BCUT2D eigenvalue weighted by molar-refractivity contribution is 0.0696. The van der Waals surface area contributed by atoms with Crippen molar-refractivity contribution in [3.8, 4) is 11.5 Å². The van der Waals surface area contributed by atoms with E-state index >= 15 is 0 Å². The average Bonchev–Trinajstić information content (AvgIpc) is 3.46. The molecule has 1 unspecified atom stereocenters. The summed E-state index contributed by atoms with van der Waals surface area (Å²) in [5.41, 5.74) is 3.89. The van der Waals surface area contributed by atoms with E-state index in [1.54, 1.807) is 6.07 Å². The van der Waals surface area contributed by atoms with Gasteiger partial charge in [-0.3, -0.25) is 9.69 Å². The Labute approximate surface area is 217 Å². The van der Waals surface area contributed by atoms with Gasteiger partial charge in [-0.2, -0.15) is 0 Å². The third kappa shape index (κ3) is 4.79. The Hall–Kier alpha value is -3.83. The van der Waals surface area contributed by atoms with Crippen LogP contribution >= 0.6 is 0 Å². The molecule has 5 nitrogen and oxygen atoms in total. The number of ether oxygens (including phenoxy) is 1. The predicted molar refractivity (Wildman–Crippen MR) is 146 cm³/mol. The molecule has 0 radical (unpaired) electrons. The number of carbonyl (C=O) groups is 1. The van der Waals surface area contributed by atoms with Crippen molar-refractivity contribution in [2.75, 3.05) is 32.8 Å². The smallest absolute Gasteiger partial charge is 0.255 e. The average molecular weight is 493 g/mol. The summed E-state index contributed by atoms with van der Waals surface area (Å²) in [5.74, 6) is 1.12. The first-order chi connectivity index (χ1) is 18.2. The third-order valence-electron chi connectivity index (χ3n) is 7.71. The van der Waals surface area contributed by atoms with Crippen LogP contribution in [-0.2, 0) is 6.42 Å². The van der Waals surface area contributed by atoms with Crippen LogP contribution in [0.1, 0.15) is 45.9 Å². The minimum absolute atomic E-state index is 0.0199. The van der Waals surface area contributed by atoms with E-state index < -0.39 is 0 Å². The Morgan fingerprint density at radius 1 is 0.892 bits per heavy atom.